The standard InChI is InChI=1S/C20H30N4O2/c1-15(2)17-7-5-16(6-8-17)13-23(4)14-24-18(25)20(21-19(24)26)9-11-22(3)12-10-20/h5-8,15H,9-14H2,1-4H3,(H,21,26)/p+2. The van der Waals surface area contributed by atoms with Gasteiger partial charge in [0.25, 0.3) is 5.91 Å². The molecule has 1 aromatic carbocycles. The zero-order valence-corrected chi connectivity index (χ0v) is 16.4. The molecule has 0 aromatic heterocycles. The van der Waals surface area contributed by atoms with Crippen molar-refractivity contribution in [2.45, 2.75) is 44.7 Å². The summed E-state index contributed by atoms with van der Waals surface area (Å²) in [5, 5.41) is 2.99. The summed E-state index contributed by atoms with van der Waals surface area (Å²) in [6.45, 7) is 7.40. The van der Waals surface area contributed by atoms with Gasteiger partial charge in [0.1, 0.15) is 12.1 Å². The van der Waals surface area contributed by atoms with E-state index >= 15 is 0 Å². The second-order valence-corrected chi connectivity index (χ2v) is 8.39. The number of carbonyl (C=O) groups excluding carboxylic acids is 2. The number of amides is 3. The third kappa shape index (κ3) is 3.76. The fraction of sp³-hybridized carbons (Fsp3) is 0.600. The molecule has 142 valence electrons. The first-order valence-corrected chi connectivity index (χ1v) is 9.66. The van der Waals surface area contributed by atoms with Crippen LogP contribution in [0.3, 0.4) is 0 Å². The van der Waals surface area contributed by atoms with Crippen molar-refractivity contribution in [2.24, 2.45) is 0 Å². The number of quaternary nitrogens is 2. The van der Waals surface area contributed by atoms with E-state index in [4.69, 9.17) is 0 Å². The summed E-state index contributed by atoms with van der Waals surface area (Å²) in [6, 6.07) is 8.38. The van der Waals surface area contributed by atoms with Gasteiger partial charge in [-0.3, -0.25) is 4.79 Å². The fourth-order valence-corrected chi connectivity index (χ4v) is 3.96. The predicted molar refractivity (Wildman–Crippen MR) is 100.0 cm³/mol. The van der Waals surface area contributed by atoms with Gasteiger partial charge in [0, 0.05) is 18.4 Å². The van der Waals surface area contributed by atoms with Gasteiger partial charge >= 0.3 is 6.03 Å². The van der Waals surface area contributed by atoms with Crippen LogP contribution in [0.2, 0.25) is 0 Å². The Bertz CT molecular complexity index is 663. The minimum atomic E-state index is -0.657. The molecule has 2 saturated heterocycles. The van der Waals surface area contributed by atoms with Crippen LogP contribution in [0, 0.1) is 0 Å². The van der Waals surface area contributed by atoms with E-state index < -0.39 is 5.54 Å². The van der Waals surface area contributed by atoms with Gasteiger partial charge in [-0.15, -0.1) is 0 Å². The van der Waals surface area contributed by atoms with E-state index in [9.17, 15) is 9.59 Å². The molecule has 0 aliphatic carbocycles. The number of piperidine rings is 1. The monoisotopic (exact) mass is 360 g/mol. The normalized spacial score (nSPS) is 27.3. The van der Waals surface area contributed by atoms with Crippen LogP contribution < -0.4 is 15.1 Å². The second kappa shape index (κ2) is 7.37. The molecule has 1 atom stereocenters. The minimum absolute atomic E-state index is 0.0375. The van der Waals surface area contributed by atoms with Crippen LogP contribution in [-0.2, 0) is 11.3 Å². The van der Waals surface area contributed by atoms with E-state index in [1.165, 1.54) is 20.9 Å². The Hall–Kier alpha value is -1.92. The van der Waals surface area contributed by atoms with Gasteiger partial charge in [0.05, 0.1) is 27.2 Å². The molecule has 2 aliphatic heterocycles. The molecular weight excluding hydrogens is 328 g/mol. The van der Waals surface area contributed by atoms with Crippen molar-refractivity contribution >= 4 is 11.9 Å². The van der Waals surface area contributed by atoms with Crippen LogP contribution in [-0.4, -0.2) is 56.2 Å². The zero-order valence-electron chi connectivity index (χ0n) is 16.4. The van der Waals surface area contributed by atoms with Crippen LogP contribution in [0.15, 0.2) is 24.3 Å². The van der Waals surface area contributed by atoms with Crippen LogP contribution >= 0.6 is 0 Å². The molecule has 2 fully saturated rings. The molecule has 6 nitrogen and oxygen atoms in total. The number of rotatable bonds is 5. The first kappa shape index (κ1) is 18.9. The summed E-state index contributed by atoms with van der Waals surface area (Å²) in [5.74, 6) is 0.483. The third-order valence-corrected chi connectivity index (χ3v) is 5.78. The average Bonchev–Trinajstić information content (AvgIpc) is 2.82. The SMILES string of the molecule is CC(C)c1ccc(C[NH+](C)CN2C(=O)NC3(CC[NH+](C)CC3)C2=O)cc1. The molecule has 0 saturated carbocycles. The Morgan fingerprint density at radius 1 is 1.19 bits per heavy atom. The Morgan fingerprint density at radius 3 is 2.38 bits per heavy atom. The number of hydrogen-bond donors (Lipinski definition) is 3. The average molecular weight is 361 g/mol. The van der Waals surface area contributed by atoms with Crippen LogP contribution in [0.25, 0.3) is 0 Å². The molecule has 2 heterocycles. The molecule has 0 bridgehead atoms. The molecule has 1 unspecified atom stereocenters. The summed E-state index contributed by atoms with van der Waals surface area (Å²) in [4.78, 5) is 29.3. The lowest BCUT2D eigenvalue weighted by molar-refractivity contribution is -0.901. The number of urea groups is 1. The predicted octanol–water partition coefficient (Wildman–Crippen LogP) is -0.619. The van der Waals surface area contributed by atoms with Crippen molar-refractivity contribution in [3.63, 3.8) is 0 Å². The Morgan fingerprint density at radius 2 is 1.81 bits per heavy atom. The third-order valence-electron chi connectivity index (χ3n) is 5.78. The highest BCUT2D eigenvalue weighted by Gasteiger charge is 2.53. The number of carbonyl (C=O) groups is 2. The number of likely N-dealkylation sites (tertiary alicyclic amines) is 1. The van der Waals surface area contributed by atoms with E-state index in [0.717, 1.165) is 37.4 Å². The van der Waals surface area contributed by atoms with E-state index in [-0.39, 0.29) is 11.9 Å². The van der Waals surface area contributed by atoms with Gasteiger partial charge in [-0.1, -0.05) is 38.1 Å². The lowest BCUT2D eigenvalue weighted by Crippen LogP contribution is -3.11. The van der Waals surface area contributed by atoms with Crippen molar-refractivity contribution in [2.75, 3.05) is 33.9 Å². The molecule has 2 aliphatic rings. The lowest BCUT2D eigenvalue weighted by atomic mass is 9.88. The molecule has 0 radical (unpaired) electrons. The molecule has 3 rings (SSSR count). The van der Waals surface area contributed by atoms with E-state index in [2.05, 4.69) is 50.5 Å². The minimum Gasteiger partial charge on any atom is -0.337 e. The largest absolute Gasteiger partial charge is 0.337 e. The molecule has 1 aromatic rings. The second-order valence-electron chi connectivity index (χ2n) is 8.39. The molecule has 3 amide bonds. The van der Waals surface area contributed by atoms with Crippen molar-refractivity contribution in [3.8, 4) is 0 Å². The number of benzene rings is 1. The van der Waals surface area contributed by atoms with Gasteiger partial charge in [0.2, 0.25) is 0 Å². The number of imide groups is 1. The maximum Gasteiger partial charge on any atom is 0.329 e. The first-order chi connectivity index (χ1) is 12.3. The quantitative estimate of drug-likeness (QED) is 0.613. The Labute approximate surface area is 156 Å². The summed E-state index contributed by atoms with van der Waals surface area (Å²) >= 11 is 0. The molecule has 3 N–H and O–H groups in total. The van der Waals surface area contributed by atoms with Gasteiger partial charge in [-0.25, -0.2) is 9.69 Å². The Kier molecular flexibility index (Phi) is 5.34. The highest BCUT2D eigenvalue weighted by Crippen LogP contribution is 2.25. The fourth-order valence-electron chi connectivity index (χ4n) is 3.96. The van der Waals surface area contributed by atoms with E-state index in [1.54, 1.807) is 0 Å². The van der Waals surface area contributed by atoms with Crippen molar-refractivity contribution in [3.05, 3.63) is 35.4 Å². The van der Waals surface area contributed by atoms with Crippen LogP contribution in [0.4, 0.5) is 4.79 Å². The van der Waals surface area contributed by atoms with Gasteiger partial charge < -0.3 is 15.1 Å². The molecule has 6 heteroatoms. The lowest BCUT2D eigenvalue weighted by Gasteiger charge is -2.33. The number of nitrogens with zero attached hydrogens (tertiary/aromatic N) is 1. The summed E-state index contributed by atoms with van der Waals surface area (Å²) in [5.41, 5.74) is 1.89. The molecular formula is C20H32N4O2+2. The maximum atomic E-state index is 12.9. The van der Waals surface area contributed by atoms with Crippen LogP contribution in [0.5, 0.6) is 0 Å². The van der Waals surface area contributed by atoms with Crippen molar-refractivity contribution < 1.29 is 19.4 Å². The molecule has 1 spiro atoms. The van der Waals surface area contributed by atoms with Gasteiger partial charge in [-0.05, 0) is 11.5 Å². The van der Waals surface area contributed by atoms with Crippen molar-refractivity contribution in [1.82, 2.24) is 10.2 Å². The number of nitrogens with one attached hydrogen (secondary N) is 3. The van der Waals surface area contributed by atoms with Gasteiger partial charge in [-0.2, -0.15) is 0 Å². The highest BCUT2D eigenvalue weighted by atomic mass is 16.2. The summed E-state index contributed by atoms with van der Waals surface area (Å²) < 4.78 is 0. The smallest absolute Gasteiger partial charge is 0.329 e. The van der Waals surface area contributed by atoms with Crippen molar-refractivity contribution in [1.29, 1.82) is 0 Å². The first-order valence-electron chi connectivity index (χ1n) is 9.66. The van der Waals surface area contributed by atoms with E-state index in [1.807, 2.05) is 7.05 Å². The summed E-state index contributed by atoms with van der Waals surface area (Å²) in [6.07, 6.45) is 1.46. The topological polar surface area (TPSA) is 58.3 Å². The van der Waals surface area contributed by atoms with E-state index in [0.29, 0.717) is 12.6 Å². The van der Waals surface area contributed by atoms with Gasteiger partial charge in [0.15, 0.2) is 6.67 Å². The Balaban J connectivity index is 1.61. The number of hydrogen-bond acceptors (Lipinski definition) is 2. The highest BCUT2D eigenvalue weighted by molar-refractivity contribution is 6.06. The van der Waals surface area contributed by atoms with Crippen LogP contribution in [0.1, 0.15) is 43.7 Å². The summed E-state index contributed by atoms with van der Waals surface area (Å²) in [7, 11) is 4.16. The molecule has 26 heavy (non-hydrogen) atoms. The maximum absolute atomic E-state index is 12.9. The zero-order chi connectivity index (χ0) is 18.9.